The van der Waals surface area contributed by atoms with Crippen LogP contribution in [0.1, 0.15) is 11.1 Å². The first-order valence-electron chi connectivity index (χ1n) is 6.35. The smallest absolute Gasteiger partial charge is 0.329 e. The maximum atomic E-state index is 11.5. The number of nitrogens with one attached hydrogen (secondary N) is 1. The molecule has 0 bridgehead atoms. The molecule has 0 radical (unpaired) electrons. The zero-order valence-corrected chi connectivity index (χ0v) is 11.9. The first-order valence-corrected chi connectivity index (χ1v) is 7.50. The third kappa shape index (κ3) is 3.85. The van der Waals surface area contributed by atoms with Gasteiger partial charge in [-0.3, -0.25) is 14.3 Å². The van der Waals surface area contributed by atoms with Gasteiger partial charge >= 0.3 is 5.69 Å². The summed E-state index contributed by atoms with van der Waals surface area (Å²) < 4.78 is 1.48. The lowest BCUT2D eigenvalue weighted by Gasteiger charge is -2.09. The highest BCUT2D eigenvalue weighted by Gasteiger charge is 2.02. The van der Waals surface area contributed by atoms with Crippen molar-refractivity contribution in [3.8, 4) is 0 Å². The van der Waals surface area contributed by atoms with Crippen molar-refractivity contribution in [1.82, 2.24) is 9.55 Å². The van der Waals surface area contributed by atoms with Crippen LogP contribution >= 0.6 is 11.8 Å². The third-order valence-corrected chi connectivity index (χ3v) is 3.89. The quantitative estimate of drug-likeness (QED) is 0.829. The van der Waals surface area contributed by atoms with Crippen molar-refractivity contribution in [2.75, 3.05) is 6.54 Å². The van der Waals surface area contributed by atoms with Gasteiger partial charge in [-0.15, -0.1) is 11.8 Å². The number of benzene rings is 1. The van der Waals surface area contributed by atoms with E-state index in [2.05, 4.69) is 17.1 Å². The second kappa shape index (κ2) is 7.12. The van der Waals surface area contributed by atoms with E-state index in [0.29, 0.717) is 12.4 Å². The van der Waals surface area contributed by atoms with Crippen LogP contribution in [0.15, 0.2) is 46.1 Å². The zero-order valence-electron chi connectivity index (χ0n) is 11.0. The van der Waals surface area contributed by atoms with E-state index < -0.39 is 0 Å². The van der Waals surface area contributed by atoms with Crippen molar-refractivity contribution < 1.29 is 0 Å². The Hall–Kier alpha value is -1.79. The van der Waals surface area contributed by atoms with E-state index in [1.165, 1.54) is 28.0 Å². The molecule has 106 valence electrons. The number of thioether (sulfide) groups is 1. The fourth-order valence-corrected chi connectivity index (χ4v) is 2.89. The molecule has 0 saturated carbocycles. The van der Waals surface area contributed by atoms with Gasteiger partial charge in [0.1, 0.15) is 0 Å². The Morgan fingerprint density at radius 3 is 2.60 bits per heavy atom. The number of nitrogens with two attached hydrogens (primary N) is 1. The van der Waals surface area contributed by atoms with Gasteiger partial charge in [0.15, 0.2) is 0 Å². The molecule has 0 aliphatic carbocycles. The summed E-state index contributed by atoms with van der Waals surface area (Å²) in [6.45, 7) is 0.626. The van der Waals surface area contributed by atoms with E-state index in [1.54, 1.807) is 11.8 Å². The van der Waals surface area contributed by atoms with E-state index in [4.69, 9.17) is 5.73 Å². The average Bonchev–Trinajstić information content (AvgIpc) is 2.43. The van der Waals surface area contributed by atoms with Crippen molar-refractivity contribution in [3.63, 3.8) is 0 Å². The maximum Gasteiger partial charge on any atom is 0.329 e. The molecule has 20 heavy (non-hydrogen) atoms. The van der Waals surface area contributed by atoms with Crippen LogP contribution in [0.4, 0.5) is 0 Å². The molecule has 0 fully saturated rings. The molecule has 0 atom stereocenters. The Labute approximate surface area is 120 Å². The summed E-state index contributed by atoms with van der Waals surface area (Å²) in [7, 11) is 0. The predicted octanol–water partition coefficient (Wildman–Crippen LogP) is 0.929. The van der Waals surface area contributed by atoms with E-state index in [-0.39, 0.29) is 11.2 Å². The molecule has 1 aromatic carbocycles. The molecule has 0 saturated heterocycles. The van der Waals surface area contributed by atoms with Gasteiger partial charge in [0.25, 0.3) is 5.56 Å². The molecule has 2 aromatic rings. The number of hydrogen-bond donors (Lipinski definition) is 2. The molecular formula is C14H17N3O2S. The molecule has 0 unspecified atom stereocenters. The first kappa shape index (κ1) is 14.6. The summed E-state index contributed by atoms with van der Waals surface area (Å²) in [6.07, 6.45) is 2.37. The summed E-state index contributed by atoms with van der Waals surface area (Å²) >= 11 is 1.62. The topological polar surface area (TPSA) is 80.9 Å². The third-order valence-electron chi connectivity index (χ3n) is 2.92. The van der Waals surface area contributed by atoms with Gasteiger partial charge in [-0.1, -0.05) is 24.3 Å². The van der Waals surface area contributed by atoms with Gasteiger partial charge in [-0.25, -0.2) is 4.79 Å². The Morgan fingerprint density at radius 1 is 1.15 bits per heavy atom. The van der Waals surface area contributed by atoms with Gasteiger partial charge in [0, 0.05) is 18.0 Å². The highest BCUT2D eigenvalue weighted by atomic mass is 32.2. The number of H-pyrrole nitrogens is 1. The lowest BCUT2D eigenvalue weighted by molar-refractivity contribution is 0.783. The van der Waals surface area contributed by atoms with Crippen molar-refractivity contribution in [2.24, 2.45) is 5.73 Å². The Balaban J connectivity index is 1.99. The molecule has 0 aliphatic rings. The monoisotopic (exact) mass is 291 g/mol. The molecule has 1 heterocycles. The molecule has 0 aliphatic heterocycles. The number of aromatic amines is 1. The number of rotatable bonds is 6. The van der Waals surface area contributed by atoms with Crippen molar-refractivity contribution in [2.45, 2.75) is 18.1 Å². The molecule has 1 aromatic heterocycles. The predicted molar refractivity (Wildman–Crippen MR) is 81.8 cm³/mol. The highest BCUT2D eigenvalue weighted by Crippen LogP contribution is 2.17. The maximum absolute atomic E-state index is 11.5. The van der Waals surface area contributed by atoms with Gasteiger partial charge < -0.3 is 5.73 Å². The number of aromatic nitrogens is 2. The standard InChI is InChI=1S/C14H17N3O2S/c15-7-5-11-3-1-2-4-12(11)9-20-10-17-8-6-13(18)16-14(17)19/h1-4,6,8H,5,7,9-10,15H2,(H,16,18,19). The lowest BCUT2D eigenvalue weighted by atomic mass is 10.1. The first-order chi connectivity index (χ1) is 9.70. The summed E-state index contributed by atoms with van der Waals surface area (Å²) in [4.78, 5) is 24.7. The summed E-state index contributed by atoms with van der Waals surface area (Å²) in [6, 6.07) is 9.51. The van der Waals surface area contributed by atoms with Crippen LogP contribution in [0, 0.1) is 0 Å². The Morgan fingerprint density at radius 2 is 1.90 bits per heavy atom. The second-order valence-electron chi connectivity index (χ2n) is 4.36. The second-order valence-corrected chi connectivity index (χ2v) is 5.32. The van der Waals surface area contributed by atoms with Gasteiger partial charge in [-0.2, -0.15) is 0 Å². The van der Waals surface area contributed by atoms with Crippen LogP contribution in [0.3, 0.4) is 0 Å². The van der Waals surface area contributed by atoms with Crippen LogP contribution in [-0.4, -0.2) is 16.1 Å². The number of nitrogens with zero attached hydrogens (tertiary/aromatic N) is 1. The minimum atomic E-state index is -0.375. The van der Waals surface area contributed by atoms with E-state index in [9.17, 15) is 9.59 Å². The van der Waals surface area contributed by atoms with Crippen LogP contribution < -0.4 is 17.0 Å². The van der Waals surface area contributed by atoms with Crippen LogP contribution in [-0.2, 0) is 18.1 Å². The molecule has 5 nitrogen and oxygen atoms in total. The Kier molecular flexibility index (Phi) is 5.20. The molecule has 6 heteroatoms. The average molecular weight is 291 g/mol. The van der Waals surface area contributed by atoms with E-state index >= 15 is 0 Å². The minimum absolute atomic E-state index is 0.371. The van der Waals surface area contributed by atoms with E-state index in [1.807, 2.05) is 12.1 Å². The summed E-state index contributed by atoms with van der Waals surface area (Å²) in [5, 5.41) is 0. The largest absolute Gasteiger partial charge is 0.330 e. The summed E-state index contributed by atoms with van der Waals surface area (Å²) in [5.74, 6) is 1.31. The Bertz CT molecular complexity index is 678. The van der Waals surface area contributed by atoms with Crippen LogP contribution in [0.25, 0.3) is 0 Å². The molecule has 2 rings (SSSR count). The van der Waals surface area contributed by atoms with Crippen LogP contribution in [0.5, 0.6) is 0 Å². The molecule has 0 amide bonds. The van der Waals surface area contributed by atoms with Crippen molar-refractivity contribution in [3.05, 3.63) is 68.5 Å². The van der Waals surface area contributed by atoms with Gasteiger partial charge in [0.05, 0.1) is 5.88 Å². The lowest BCUT2D eigenvalue weighted by Crippen LogP contribution is -2.27. The molecular weight excluding hydrogens is 274 g/mol. The normalized spacial score (nSPS) is 10.7. The van der Waals surface area contributed by atoms with Gasteiger partial charge in [-0.05, 0) is 24.1 Å². The van der Waals surface area contributed by atoms with Crippen molar-refractivity contribution in [1.29, 1.82) is 0 Å². The molecule has 0 spiro atoms. The summed E-state index contributed by atoms with van der Waals surface area (Å²) in [5.41, 5.74) is 7.33. The van der Waals surface area contributed by atoms with Gasteiger partial charge in [0.2, 0.25) is 0 Å². The fourth-order valence-electron chi connectivity index (χ4n) is 1.90. The number of hydrogen-bond acceptors (Lipinski definition) is 4. The van der Waals surface area contributed by atoms with Crippen molar-refractivity contribution >= 4 is 11.8 Å². The highest BCUT2D eigenvalue weighted by molar-refractivity contribution is 7.97. The van der Waals surface area contributed by atoms with E-state index in [0.717, 1.165) is 12.2 Å². The van der Waals surface area contributed by atoms with Crippen LogP contribution in [0.2, 0.25) is 0 Å². The zero-order chi connectivity index (χ0) is 14.4. The molecule has 3 N–H and O–H groups in total. The minimum Gasteiger partial charge on any atom is -0.330 e. The SMILES string of the molecule is NCCc1ccccc1CSCn1ccc(=O)[nH]c1=O. The fraction of sp³-hybridized carbons (Fsp3) is 0.286.